The number of pyridine rings is 1. The summed E-state index contributed by atoms with van der Waals surface area (Å²) in [6, 6.07) is 2.01. The Bertz CT molecular complexity index is 686. The average Bonchev–Trinajstić information content (AvgIpc) is 2.82. The maximum Gasteiger partial charge on any atom is 0.394 e. The molecule has 3 N–H and O–H groups in total. The van der Waals surface area contributed by atoms with E-state index in [9.17, 15) is 13.2 Å². The minimum absolute atomic E-state index is 0.0891. The predicted molar refractivity (Wildman–Crippen MR) is 83.5 cm³/mol. The van der Waals surface area contributed by atoms with Gasteiger partial charge >= 0.3 is 6.18 Å². The molecular weight excluding hydrogens is 307 g/mol. The zero-order valence-electron chi connectivity index (χ0n) is 12.9. The highest BCUT2D eigenvalue weighted by Crippen LogP contribution is 2.27. The SMILES string of the molecule is CN1CCC(Nc2cc(N)cn3c(CC(F)(F)F)cnc23)CC1. The van der Waals surface area contributed by atoms with Gasteiger partial charge in [-0.25, -0.2) is 4.98 Å². The van der Waals surface area contributed by atoms with Gasteiger partial charge in [-0.1, -0.05) is 0 Å². The number of aromatic nitrogens is 2. The van der Waals surface area contributed by atoms with E-state index in [1.54, 1.807) is 6.07 Å². The number of hydrogen-bond acceptors (Lipinski definition) is 4. The predicted octanol–water partition coefficient (Wildman–Crippen LogP) is 2.53. The number of imidazole rings is 1. The lowest BCUT2D eigenvalue weighted by atomic mass is 10.1. The number of piperidine rings is 1. The first kappa shape index (κ1) is 15.9. The molecule has 3 heterocycles. The van der Waals surface area contributed by atoms with Gasteiger partial charge in [0.05, 0.1) is 23.5 Å². The van der Waals surface area contributed by atoms with Crippen molar-refractivity contribution in [2.75, 3.05) is 31.2 Å². The molecule has 23 heavy (non-hydrogen) atoms. The monoisotopic (exact) mass is 327 g/mol. The zero-order chi connectivity index (χ0) is 16.6. The van der Waals surface area contributed by atoms with Crippen LogP contribution in [0.4, 0.5) is 24.5 Å². The van der Waals surface area contributed by atoms with Crippen LogP contribution in [0.1, 0.15) is 18.5 Å². The topological polar surface area (TPSA) is 58.6 Å². The van der Waals surface area contributed by atoms with Gasteiger partial charge in [0.25, 0.3) is 0 Å². The second-order valence-electron chi connectivity index (χ2n) is 6.14. The van der Waals surface area contributed by atoms with E-state index in [2.05, 4.69) is 22.2 Å². The van der Waals surface area contributed by atoms with E-state index >= 15 is 0 Å². The van der Waals surface area contributed by atoms with Crippen LogP contribution in [0.15, 0.2) is 18.5 Å². The number of halogens is 3. The van der Waals surface area contributed by atoms with Gasteiger partial charge in [0.1, 0.15) is 0 Å². The van der Waals surface area contributed by atoms with Crippen molar-refractivity contribution in [2.45, 2.75) is 31.5 Å². The molecule has 0 saturated carbocycles. The van der Waals surface area contributed by atoms with E-state index in [4.69, 9.17) is 5.73 Å². The molecule has 0 spiro atoms. The summed E-state index contributed by atoms with van der Waals surface area (Å²) in [5, 5.41) is 3.39. The van der Waals surface area contributed by atoms with Crippen LogP contribution in [0.25, 0.3) is 5.65 Å². The molecule has 0 aliphatic carbocycles. The fourth-order valence-electron chi connectivity index (χ4n) is 2.97. The van der Waals surface area contributed by atoms with Crippen molar-refractivity contribution < 1.29 is 13.2 Å². The number of nitrogens with two attached hydrogens (primary N) is 1. The Morgan fingerprint density at radius 3 is 2.70 bits per heavy atom. The standard InChI is InChI=1S/C15H20F3N5/c1-22-4-2-11(3-5-22)21-13-6-10(19)9-23-12(7-15(16,17)18)8-20-14(13)23/h6,8-9,11,21H,2-5,7,19H2,1H3. The van der Waals surface area contributed by atoms with Gasteiger partial charge in [-0.15, -0.1) is 0 Å². The Labute approximate surface area is 132 Å². The van der Waals surface area contributed by atoms with Gasteiger partial charge in [-0.2, -0.15) is 13.2 Å². The largest absolute Gasteiger partial charge is 0.397 e. The van der Waals surface area contributed by atoms with E-state index < -0.39 is 12.6 Å². The van der Waals surface area contributed by atoms with Crippen LogP contribution in [-0.2, 0) is 6.42 Å². The Kier molecular flexibility index (Phi) is 4.09. The molecule has 0 radical (unpaired) electrons. The smallest absolute Gasteiger partial charge is 0.394 e. The number of nitrogen functional groups attached to an aromatic ring is 1. The van der Waals surface area contributed by atoms with Crippen molar-refractivity contribution in [2.24, 2.45) is 0 Å². The molecule has 1 saturated heterocycles. The van der Waals surface area contributed by atoms with E-state index in [1.807, 2.05) is 0 Å². The summed E-state index contributed by atoms with van der Waals surface area (Å²) in [7, 11) is 2.08. The van der Waals surface area contributed by atoms with Crippen LogP contribution in [0, 0.1) is 0 Å². The summed E-state index contributed by atoms with van der Waals surface area (Å²) in [4.78, 5) is 6.41. The van der Waals surface area contributed by atoms with Gasteiger partial charge in [0, 0.05) is 18.4 Å². The van der Waals surface area contributed by atoms with E-state index in [-0.39, 0.29) is 11.7 Å². The molecule has 1 aliphatic heterocycles. The van der Waals surface area contributed by atoms with E-state index in [0.717, 1.165) is 25.9 Å². The minimum atomic E-state index is -4.28. The molecule has 0 bridgehead atoms. The highest BCUT2D eigenvalue weighted by Gasteiger charge is 2.29. The third-order valence-electron chi connectivity index (χ3n) is 4.16. The lowest BCUT2D eigenvalue weighted by Gasteiger charge is -2.30. The fraction of sp³-hybridized carbons (Fsp3) is 0.533. The third kappa shape index (κ3) is 3.69. The minimum Gasteiger partial charge on any atom is -0.397 e. The second-order valence-corrected chi connectivity index (χ2v) is 6.14. The van der Waals surface area contributed by atoms with Crippen molar-refractivity contribution in [3.8, 4) is 0 Å². The molecule has 0 unspecified atom stereocenters. The van der Waals surface area contributed by atoms with Gasteiger partial charge < -0.3 is 16.0 Å². The Hall–Kier alpha value is -1.96. The number of nitrogens with one attached hydrogen (secondary N) is 1. The fourth-order valence-corrected chi connectivity index (χ4v) is 2.97. The molecular formula is C15H20F3N5. The molecule has 2 aromatic rings. The third-order valence-corrected chi connectivity index (χ3v) is 4.16. The van der Waals surface area contributed by atoms with Crippen molar-refractivity contribution in [3.63, 3.8) is 0 Å². The number of nitrogens with zero attached hydrogens (tertiary/aromatic N) is 3. The molecule has 8 heteroatoms. The number of alkyl halides is 3. The average molecular weight is 327 g/mol. The highest BCUT2D eigenvalue weighted by atomic mass is 19.4. The van der Waals surface area contributed by atoms with Crippen molar-refractivity contribution in [1.29, 1.82) is 0 Å². The van der Waals surface area contributed by atoms with Crippen LogP contribution in [-0.4, -0.2) is 46.6 Å². The van der Waals surface area contributed by atoms with E-state index in [0.29, 0.717) is 17.0 Å². The summed E-state index contributed by atoms with van der Waals surface area (Å²) in [6.07, 6.45) is -0.583. The maximum atomic E-state index is 12.7. The van der Waals surface area contributed by atoms with Crippen molar-refractivity contribution in [3.05, 3.63) is 24.2 Å². The summed E-state index contributed by atoms with van der Waals surface area (Å²) in [5.74, 6) is 0. The summed E-state index contributed by atoms with van der Waals surface area (Å²) >= 11 is 0. The summed E-state index contributed by atoms with van der Waals surface area (Å²) in [6.45, 7) is 1.98. The molecule has 0 amide bonds. The van der Waals surface area contributed by atoms with Crippen LogP contribution >= 0.6 is 0 Å². The number of hydrogen-bond donors (Lipinski definition) is 2. The number of anilines is 2. The lowest BCUT2D eigenvalue weighted by Crippen LogP contribution is -2.36. The Morgan fingerprint density at radius 1 is 1.35 bits per heavy atom. The first-order valence-electron chi connectivity index (χ1n) is 7.59. The van der Waals surface area contributed by atoms with Gasteiger partial charge in [-0.3, -0.25) is 4.40 Å². The molecule has 0 aromatic carbocycles. The molecule has 0 atom stereocenters. The molecule has 5 nitrogen and oxygen atoms in total. The van der Waals surface area contributed by atoms with Crippen LogP contribution < -0.4 is 11.1 Å². The summed E-state index contributed by atoms with van der Waals surface area (Å²) in [5.41, 5.74) is 7.54. The first-order chi connectivity index (χ1) is 10.8. The first-order valence-corrected chi connectivity index (χ1v) is 7.59. The zero-order valence-corrected chi connectivity index (χ0v) is 12.9. The number of rotatable bonds is 3. The second kappa shape index (κ2) is 5.92. The maximum absolute atomic E-state index is 12.7. The molecule has 126 valence electrons. The van der Waals surface area contributed by atoms with Gasteiger partial charge in [0.15, 0.2) is 5.65 Å². The normalized spacial score (nSPS) is 17.7. The van der Waals surface area contributed by atoms with Crippen molar-refractivity contribution in [1.82, 2.24) is 14.3 Å². The molecule has 1 aliphatic rings. The quantitative estimate of drug-likeness (QED) is 0.909. The van der Waals surface area contributed by atoms with E-state index in [1.165, 1.54) is 16.8 Å². The van der Waals surface area contributed by atoms with Gasteiger partial charge in [-0.05, 0) is 39.0 Å². The molecule has 3 rings (SSSR count). The van der Waals surface area contributed by atoms with Crippen LogP contribution in [0.2, 0.25) is 0 Å². The lowest BCUT2D eigenvalue weighted by molar-refractivity contribution is -0.127. The number of likely N-dealkylation sites (tertiary alicyclic amines) is 1. The Balaban J connectivity index is 1.88. The number of fused-ring (bicyclic) bond motifs is 1. The highest BCUT2D eigenvalue weighted by molar-refractivity contribution is 5.72. The van der Waals surface area contributed by atoms with Crippen molar-refractivity contribution >= 4 is 17.0 Å². The van der Waals surface area contributed by atoms with Crippen LogP contribution in [0.3, 0.4) is 0 Å². The molecule has 2 aromatic heterocycles. The van der Waals surface area contributed by atoms with Crippen LogP contribution in [0.5, 0.6) is 0 Å². The molecule has 1 fully saturated rings. The van der Waals surface area contributed by atoms with Gasteiger partial charge in [0.2, 0.25) is 0 Å². The Morgan fingerprint density at radius 2 is 2.04 bits per heavy atom. The summed E-state index contributed by atoms with van der Waals surface area (Å²) < 4.78 is 39.4.